The molecule has 5 rings (SSSR count). The maximum Gasteiger partial charge on any atom is 0.257 e. The molecule has 1 aliphatic rings. The number of hydrogen-bond acceptors (Lipinski definition) is 4. The molecule has 2 aromatic heterocycles. The number of likely N-dealkylation sites (tertiary alicyclic amines) is 1. The number of thiocarbonyl (C=S) groups is 1. The molecule has 8 heteroatoms. The fraction of sp³-hybridized carbons (Fsp3) is 0.290. The Labute approximate surface area is 235 Å². The Balaban J connectivity index is 1.25. The zero-order chi connectivity index (χ0) is 27.4. The number of carbonyl (C=O) groups is 1. The number of pyridine rings is 1. The van der Waals surface area contributed by atoms with Crippen LogP contribution >= 0.6 is 12.2 Å². The molecular formula is C31H34N6OS. The van der Waals surface area contributed by atoms with Crippen LogP contribution in [0.3, 0.4) is 0 Å². The Hall–Kier alpha value is -4.04. The first-order chi connectivity index (χ1) is 18.9. The van der Waals surface area contributed by atoms with Gasteiger partial charge in [0, 0.05) is 54.2 Å². The normalized spacial score (nSPS) is 13.8. The van der Waals surface area contributed by atoms with Crippen LogP contribution in [0.25, 0.3) is 5.69 Å². The van der Waals surface area contributed by atoms with E-state index in [2.05, 4.69) is 52.6 Å². The van der Waals surface area contributed by atoms with E-state index in [9.17, 15) is 4.79 Å². The zero-order valence-corrected chi connectivity index (χ0v) is 23.5. The van der Waals surface area contributed by atoms with Crippen molar-refractivity contribution in [2.24, 2.45) is 0 Å². The molecule has 4 aromatic rings. The number of amides is 1. The van der Waals surface area contributed by atoms with Crippen molar-refractivity contribution < 1.29 is 4.79 Å². The summed E-state index contributed by atoms with van der Waals surface area (Å²) in [4.78, 5) is 24.5. The lowest BCUT2D eigenvalue weighted by Gasteiger charge is -2.34. The van der Waals surface area contributed by atoms with E-state index in [4.69, 9.17) is 17.2 Å². The second-order valence-corrected chi connectivity index (χ2v) is 10.4. The quantitative estimate of drug-likeness (QED) is 0.282. The monoisotopic (exact) mass is 538 g/mol. The Morgan fingerprint density at radius 2 is 1.79 bits per heavy atom. The van der Waals surface area contributed by atoms with E-state index in [-0.39, 0.29) is 11.8 Å². The van der Waals surface area contributed by atoms with Crippen LogP contribution < -0.4 is 10.6 Å². The fourth-order valence-electron chi connectivity index (χ4n) is 5.15. The van der Waals surface area contributed by atoms with E-state index in [1.807, 2.05) is 54.1 Å². The Morgan fingerprint density at radius 1 is 1.03 bits per heavy atom. The van der Waals surface area contributed by atoms with Gasteiger partial charge in [-0.1, -0.05) is 25.1 Å². The molecule has 0 aliphatic carbocycles. The summed E-state index contributed by atoms with van der Waals surface area (Å²) in [7, 11) is 0. The van der Waals surface area contributed by atoms with Gasteiger partial charge in [0.2, 0.25) is 0 Å². The van der Waals surface area contributed by atoms with Gasteiger partial charge >= 0.3 is 0 Å². The summed E-state index contributed by atoms with van der Waals surface area (Å²) in [5.41, 5.74) is 7.71. The molecule has 39 heavy (non-hydrogen) atoms. The number of nitrogens with zero attached hydrogens (tertiary/aromatic N) is 4. The van der Waals surface area contributed by atoms with Crippen LogP contribution in [0.2, 0.25) is 0 Å². The molecule has 0 radical (unpaired) electrons. The van der Waals surface area contributed by atoms with Crippen molar-refractivity contribution in [2.45, 2.75) is 46.0 Å². The van der Waals surface area contributed by atoms with Crippen molar-refractivity contribution in [3.8, 4) is 5.69 Å². The number of anilines is 2. The molecule has 0 saturated carbocycles. The van der Waals surface area contributed by atoms with Gasteiger partial charge in [-0.3, -0.25) is 9.78 Å². The second kappa shape index (κ2) is 11.8. The van der Waals surface area contributed by atoms with Crippen molar-refractivity contribution in [1.29, 1.82) is 0 Å². The highest BCUT2D eigenvalue weighted by Crippen LogP contribution is 2.31. The first-order valence-corrected chi connectivity index (χ1v) is 13.9. The molecule has 0 atom stereocenters. The predicted molar refractivity (Wildman–Crippen MR) is 161 cm³/mol. The van der Waals surface area contributed by atoms with Crippen molar-refractivity contribution in [1.82, 2.24) is 19.4 Å². The highest BCUT2D eigenvalue weighted by Gasteiger charge is 2.27. The SMILES string of the molecule is CCc1cccc(C)c1NC(=S)N1CCC(c2nc(C)ccc2C(=O)Nc2ccc(-n3ccnc3)cc2)CC1. The lowest BCUT2D eigenvalue weighted by molar-refractivity contribution is 0.102. The standard InChI is InChI=1S/C31H34N6OS/c1-4-23-7-5-6-21(2)28(23)35-31(39)36-17-14-24(15-18-36)29-27(13-8-22(3)33-29)30(38)34-25-9-11-26(12-10-25)37-19-16-32-20-37/h5-13,16,19-20,24H,4,14-15,17-18H2,1-3H3,(H,34,38)(H,35,39). The lowest BCUT2D eigenvalue weighted by Crippen LogP contribution is -2.41. The van der Waals surface area contributed by atoms with Crippen LogP contribution in [-0.2, 0) is 6.42 Å². The highest BCUT2D eigenvalue weighted by molar-refractivity contribution is 7.80. The number of nitrogens with one attached hydrogen (secondary N) is 2. The number of aromatic nitrogens is 3. The van der Waals surface area contributed by atoms with Crippen LogP contribution in [0.1, 0.15) is 58.6 Å². The van der Waals surface area contributed by atoms with E-state index in [0.29, 0.717) is 5.56 Å². The average Bonchev–Trinajstić information content (AvgIpc) is 3.49. The molecule has 0 unspecified atom stereocenters. The van der Waals surface area contributed by atoms with Gasteiger partial charge in [-0.25, -0.2) is 4.98 Å². The van der Waals surface area contributed by atoms with E-state index < -0.39 is 0 Å². The van der Waals surface area contributed by atoms with Crippen molar-refractivity contribution in [3.63, 3.8) is 0 Å². The summed E-state index contributed by atoms with van der Waals surface area (Å²) in [6.07, 6.45) is 8.09. The molecule has 1 fully saturated rings. The summed E-state index contributed by atoms with van der Waals surface area (Å²) >= 11 is 5.80. The summed E-state index contributed by atoms with van der Waals surface area (Å²) in [6.45, 7) is 7.88. The smallest absolute Gasteiger partial charge is 0.257 e. The molecule has 1 amide bonds. The number of carbonyl (C=O) groups excluding carboxylic acids is 1. The van der Waals surface area contributed by atoms with Gasteiger partial charge in [-0.2, -0.15) is 0 Å². The number of piperidine rings is 1. The molecular weight excluding hydrogens is 504 g/mol. The molecule has 2 aromatic carbocycles. The maximum absolute atomic E-state index is 13.4. The zero-order valence-electron chi connectivity index (χ0n) is 22.6. The van der Waals surface area contributed by atoms with E-state index >= 15 is 0 Å². The fourth-order valence-corrected chi connectivity index (χ4v) is 5.44. The van der Waals surface area contributed by atoms with Gasteiger partial charge in [0.05, 0.1) is 17.6 Å². The van der Waals surface area contributed by atoms with E-state index in [1.165, 1.54) is 11.1 Å². The van der Waals surface area contributed by atoms with Gasteiger partial charge < -0.3 is 20.1 Å². The first-order valence-electron chi connectivity index (χ1n) is 13.4. The summed E-state index contributed by atoms with van der Waals surface area (Å²) in [5.74, 6) is 0.0529. The number of benzene rings is 2. The third-order valence-corrected chi connectivity index (χ3v) is 7.74. The van der Waals surface area contributed by atoms with Crippen LogP contribution in [0, 0.1) is 13.8 Å². The van der Waals surface area contributed by atoms with E-state index in [1.54, 1.807) is 12.5 Å². The molecule has 3 heterocycles. The Morgan fingerprint density at radius 3 is 2.49 bits per heavy atom. The number of hydrogen-bond donors (Lipinski definition) is 2. The summed E-state index contributed by atoms with van der Waals surface area (Å²) in [6, 6.07) is 17.9. The number of imidazole rings is 1. The van der Waals surface area contributed by atoms with Crippen LogP contribution in [0.5, 0.6) is 0 Å². The van der Waals surface area contributed by atoms with Gasteiger partial charge in [0.1, 0.15) is 0 Å². The van der Waals surface area contributed by atoms with Gasteiger partial charge in [-0.15, -0.1) is 0 Å². The van der Waals surface area contributed by atoms with Crippen LogP contribution in [0.15, 0.2) is 73.3 Å². The maximum atomic E-state index is 13.4. The van der Waals surface area contributed by atoms with Gasteiger partial charge in [0.15, 0.2) is 5.11 Å². The number of rotatable bonds is 6. The second-order valence-electron chi connectivity index (χ2n) is 10.0. The molecule has 1 aliphatic heterocycles. The Bertz CT molecular complexity index is 1460. The number of para-hydroxylation sites is 1. The Kier molecular flexibility index (Phi) is 8.02. The molecule has 7 nitrogen and oxygen atoms in total. The van der Waals surface area contributed by atoms with Gasteiger partial charge in [-0.05, 0) is 92.9 Å². The molecule has 0 bridgehead atoms. The minimum absolute atomic E-state index is 0.140. The molecule has 200 valence electrons. The highest BCUT2D eigenvalue weighted by atomic mass is 32.1. The van der Waals surface area contributed by atoms with Crippen LogP contribution in [0.4, 0.5) is 11.4 Å². The topological polar surface area (TPSA) is 75.1 Å². The molecule has 2 N–H and O–H groups in total. The van der Waals surface area contributed by atoms with E-state index in [0.717, 1.165) is 65.9 Å². The minimum atomic E-state index is -0.140. The number of aryl methyl sites for hydroxylation is 3. The average molecular weight is 539 g/mol. The van der Waals surface area contributed by atoms with Gasteiger partial charge in [0.25, 0.3) is 5.91 Å². The lowest BCUT2D eigenvalue weighted by atomic mass is 9.90. The van der Waals surface area contributed by atoms with Crippen molar-refractivity contribution >= 4 is 34.6 Å². The molecule has 0 spiro atoms. The largest absolute Gasteiger partial charge is 0.349 e. The summed E-state index contributed by atoms with van der Waals surface area (Å²) in [5, 5.41) is 7.32. The minimum Gasteiger partial charge on any atom is -0.349 e. The third kappa shape index (κ3) is 6.01. The predicted octanol–water partition coefficient (Wildman–Crippen LogP) is 6.28. The van der Waals surface area contributed by atoms with Crippen molar-refractivity contribution in [2.75, 3.05) is 23.7 Å². The first kappa shape index (κ1) is 26.6. The summed E-state index contributed by atoms with van der Waals surface area (Å²) < 4.78 is 1.92. The molecule has 1 saturated heterocycles. The van der Waals surface area contributed by atoms with Crippen molar-refractivity contribution in [3.05, 3.63) is 101 Å². The third-order valence-electron chi connectivity index (χ3n) is 7.38. The van der Waals surface area contributed by atoms with Crippen LogP contribution in [-0.4, -0.2) is 43.5 Å².